The van der Waals surface area contributed by atoms with Gasteiger partial charge in [0.05, 0.1) is 11.6 Å². The van der Waals surface area contributed by atoms with Gasteiger partial charge in [0.15, 0.2) is 0 Å². The lowest BCUT2D eigenvalue weighted by Gasteiger charge is -2.26. The van der Waals surface area contributed by atoms with E-state index in [4.69, 9.17) is 5.26 Å². The van der Waals surface area contributed by atoms with E-state index in [9.17, 15) is 13.7 Å². The molecule has 0 atom stereocenters. The fourth-order valence-electron chi connectivity index (χ4n) is 2.80. The van der Waals surface area contributed by atoms with Gasteiger partial charge in [-0.15, -0.1) is 0 Å². The summed E-state index contributed by atoms with van der Waals surface area (Å²) in [4.78, 5) is 0.00662. The summed E-state index contributed by atoms with van der Waals surface area (Å²) in [6, 6.07) is 8.55. The molecule has 1 aromatic carbocycles. The van der Waals surface area contributed by atoms with Gasteiger partial charge in [0.25, 0.3) is 0 Å². The fraction of sp³-hybridized carbons (Fsp3) is 0.467. The first-order valence-electron chi connectivity index (χ1n) is 6.91. The van der Waals surface area contributed by atoms with Gasteiger partial charge in [-0.05, 0) is 31.4 Å². The van der Waals surface area contributed by atoms with Crippen LogP contribution in [0.15, 0.2) is 23.1 Å². The van der Waals surface area contributed by atoms with Crippen LogP contribution in [0.1, 0.15) is 36.8 Å². The minimum Gasteiger partial charge on any atom is -0.207 e. The average Bonchev–Trinajstić information content (AvgIpc) is 2.98. The predicted octanol–water partition coefficient (Wildman–Crippen LogP) is 2.32. The summed E-state index contributed by atoms with van der Waals surface area (Å²) in [5.41, 5.74) is 0.792. The van der Waals surface area contributed by atoms with Crippen molar-refractivity contribution >= 4 is 10.0 Å². The van der Waals surface area contributed by atoms with E-state index in [0.717, 1.165) is 25.7 Å². The Bertz CT molecular complexity index is 707. The van der Waals surface area contributed by atoms with E-state index in [0.29, 0.717) is 5.56 Å². The molecule has 0 radical (unpaired) electrons. The number of hydrogen-bond acceptors (Lipinski definition) is 4. The second-order valence-electron chi connectivity index (χ2n) is 5.21. The van der Waals surface area contributed by atoms with Crippen molar-refractivity contribution in [1.29, 1.82) is 10.5 Å². The summed E-state index contributed by atoms with van der Waals surface area (Å²) in [6.45, 7) is 1.54. The normalized spacial score (nSPS) is 15.8. The van der Waals surface area contributed by atoms with Gasteiger partial charge >= 0.3 is 0 Å². The predicted molar refractivity (Wildman–Crippen MR) is 77.7 cm³/mol. The Morgan fingerprint density at radius 1 is 1.29 bits per heavy atom. The average molecular weight is 303 g/mol. The fourth-order valence-corrected chi connectivity index (χ4v) is 4.60. The van der Waals surface area contributed by atoms with E-state index in [1.807, 2.05) is 12.1 Å². The van der Waals surface area contributed by atoms with Gasteiger partial charge in [-0.3, -0.25) is 0 Å². The van der Waals surface area contributed by atoms with Gasteiger partial charge in [-0.2, -0.15) is 14.8 Å². The molecule has 21 heavy (non-hydrogen) atoms. The largest absolute Gasteiger partial charge is 0.245 e. The second kappa shape index (κ2) is 6.26. The third-order valence-electron chi connectivity index (χ3n) is 3.89. The van der Waals surface area contributed by atoms with Gasteiger partial charge < -0.3 is 0 Å². The monoisotopic (exact) mass is 303 g/mol. The smallest absolute Gasteiger partial charge is 0.207 e. The van der Waals surface area contributed by atoms with Crippen LogP contribution in [0.5, 0.6) is 0 Å². The molecule has 0 spiro atoms. The Balaban J connectivity index is 2.52. The van der Waals surface area contributed by atoms with Crippen molar-refractivity contribution in [2.24, 2.45) is 0 Å². The molecule has 0 saturated heterocycles. The van der Waals surface area contributed by atoms with Crippen molar-refractivity contribution in [3.05, 3.63) is 29.3 Å². The van der Waals surface area contributed by atoms with Crippen LogP contribution in [-0.2, 0) is 10.0 Å². The Labute approximate surface area is 125 Å². The molecule has 1 aliphatic rings. The third-order valence-corrected chi connectivity index (χ3v) is 5.83. The lowest BCUT2D eigenvalue weighted by molar-refractivity contribution is 0.350. The van der Waals surface area contributed by atoms with Crippen LogP contribution >= 0.6 is 0 Å². The molecule has 1 aliphatic carbocycles. The minimum absolute atomic E-state index is 0.00662. The highest BCUT2D eigenvalue weighted by atomic mass is 32.2. The highest BCUT2D eigenvalue weighted by Gasteiger charge is 2.34. The lowest BCUT2D eigenvalue weighted by Crippen LogP contribution is -2.39. The minimum atomic E-state index is -3.82. The third kappa shape index (κ3) is 2.92. The molecule has 6 heteroatoms. The first-order chi connectivity index (χ1) is 10.0. The van der Waals surface area contributed by atoms with Crippen LogP contribution in [0, 0.1) is 29.6 Å². The Kier molecular flexibility index (Phi) is 4.62. The number of hydrogen-bond donors (Lipinski definition) is 0. The zero-order valence-electron chi connectivity index (χ0n) is 11.9. The summed E-state index contributed by atoms with van der Waals surface area (Å²) < 4.78 is 27.0. The van der Waals surface area contributed by atoms with Crippen LogP contribution in [-0.4, -0.2) is 25.3 Å². The van der Waals surface area contributed by atoms with Crippen molar-refractivity contribution in [3.8, 4) is 12.1 Å². The molecule has 0 aliphatic heterocycles. The number of aryl methyl sites for hydroxylation is 1. The van der Waals surface area contributed by atoms with E-state index in [-0.39, 0.29) is 23.0 Å². The molecular formula is C15H17N3O2S. The number of rotatable bonds is 4. The highest BCUT2D eigenvalue weighted by Crippen LogP contribution is 2.30. The molecule has 0 unspecified atom stereocenters. The molecule has 0 heterocycles. The molecule has 0 amide bonds. The summed E-state index contributed by atoms with van der Waals surface area (Å²) in [6.07, 6.45) is 3.49. The quantitative estimate of drug-likeness (QED) is 0.799. The number of sulfonamides is 1. The molecule has 0 aromatic heterocycles. The Morgan fingerprint density at radius 3 is 2.52 bits per heavy atom. The molecular weight excluding hydrogens is 286 g/mol. The second-order valence-corrected chi connectivity index (χ2v) is 7.07. The van der Waals surface area contributed by atoms with Gasteiger partial charge in [0, 0.05) is 6.04 Å². The molecule has 0 N–H and O–H groups in total. The summed E-state index contributed by atoms with van der Waals surface area (Å²) in [5.74, 6) is 0. The van der Waals surface area contributed by atoms with Crippen molar-refractivity contribution < 1.29 is 8.42 Å². The SMILES string of the molecule is Cc1cccc(S(=O)(=O)N(CC#N)C2CCCC2)c1C#N. The lowest BCUT2D eigenvalue weighted by atomic mass is 10.1. The molecule has 1 aromatic rings. The standard InChI is InChI=1S/C15H17N3O2S/c1-12-5-4-8-15(14(12)11-17)21(19,20)18(10-9-16)13-6-2-3-7-13/h4-5,8,13H,2-3,6-7,10H2,1H3. The van der Waals surface area contributed by atoms with Crippen LogP contribution in [0.4, 0.5) is 0 Å². The first kappa shape index (κ1) is 15.5. The van der Waals surface area contributed by atoms with Crippen LogP contribution in [0.25, 0.3) is 0 Å². The highest BCUT2D eigenvalue weighted by molar-refractivity contribution is 7.89. The van der Waals surface area contributed by atoms with Crippen LogP contribution in [0.2, 0.25) is 0 Å². The van der Waals surface area contributed by atoms with E-state index in [1.54, 1.807) is 19.1 Å². The maximum atomic E-state index is 12.9. The topological polar surface area (TPSA) is 85.0 Å². The molecule has 1 fully saturated rings. The van der Waals surface area contributed by atoms with Crippen LogP contribution < -0.4 is 0 Å². The number of nitriles is 2. The Morgan fingerprint density at radius 2 is 1.95 bits per heavy atom. The maximum Gasteiger partial charge on any atom is 0.245 e. The van der Waals surface area contributed by atoms with Gasteiger partial charge in [0.2, 0.25) is 10.0 Å². The van der Waals surface area contributed by atoms with Crippen molar-refractivity contribution in [3.63, 3.8) is 0 Å². The summed E-state index contributed by atoms with van der Waals surface area (Å²) in [5, 5.41) is 18.2. The van der Waals surface area contributed by atoms with E-state index in [1.165, 1.54) is 10.4 Å². The number of nitrogens with zero attached hydrogens (tertiary/aromatic N) is 3. The van der Waals surface area contributed by atoms with Crippen molar-refractivity contribution in [2.45, 2.75) is 43.5 Å². The molecule has 1 saturated carbocycles. The van der Waals surface area contributed by atoms with Crippen LogP contribution in [0.3, 0.4) is 0 Å². The van der Waals surface area contributed by atoms with Gasteiger partial charge in [-0.25, -0.2) is 8.42 Å². The van der Waals surface area contributed by atoms with E-state index < -0.39 is 10.0 Å². The molecule has 5 nitrogen and oxygen atoms in total. The van der Waals surface area contributed by atoms with Gasteiger partial charge in [-0.1, -0.05) is 25.0 Å². The number of benzene rings is 1. The zero-order valence-corrected chi connectivity index (χ0v) is 12.7. The van der Waals surface area contributed by atoms with Gasteiger partial charge in [0.1, 0.15) is 17.5 Å². The van der Waals surface area contributed by atoms with Crippen molar-refractivity contribution in [1.82, 2.24) is 4.31 Å². The Hall–Kier alpha value is -1.89. The van der Waals surface area contributed by atoms with E-state index in [2.05, 4.69) is 0 Å². The maximum absolute atomic E-state index is 12.9. The molecule has 2 rings (SSSR count). The zero-order chi connectivity index (χ0) is 15.5. The summed E-state index contributed by atoms with van der Waals surface area (Å²) in [7, 11) is -3.82. The summed E-state index contributed by atoms with van der Waals surface area (Å²) >= 11 is 0. The van der Waals surface area contributed by atoms with Crippen molar-refractivity contribution in [2.75, 3.05) is 6.54 Å². The molecule has 0 bridgehead atoms. The first-order valence-corrected chi connectivity index (χ1v) is 8.35. The van der Waals surface area contributed by atoms with E-state index >= 15 is 0 Å². The molecule has 110 valence electrons.